The van der Waals surface area contributed by atoms with Crippen LogP contribution in [0.5, 0.6) is 5.75 Å². The minimum absolute atomic E-state index is 0.132. The van der Waals surface area contributed by atoms with E-state index in [9.17, 15) is 4.79 Å². The molecule has 1 N–H and O–H groups in total. The SMILES string of the molecule is COc1cccc(C(NC(=O)c2cc(-c3ccc(C)cc3)no2)c2nccn2C)c1. The van der Waals surface area contributed by atoms with Crippen molar-refractivity contribution in [1.82, 2.24) is 20.0 Å². The molecule has 0 radical (unpaired) electrons. The zero-order valence-corrected chi connectivity index (χ0v) is 17.0. The molecule has 0 aliphatic heterocycles. The van der Waals surface area contributed by atoms with Gasteiger partial charge in [-0.15, -0.1) is 0 Å². The Balaban J connectivity index is 1.62. The van der Waals surface area contributed by atoms with Gasteiger partial charge in [-0.3, -0.25) is 4.79 Å². The molecule has 4 rings (SSSR count). The Morgan fingerprint density at radius 1 is 1.17 bits per heavy atom. The standard InChI is InChI=1S/C23H22N4O3/c1-15-7-9-16(10-8-15)19-14-20(30-26-19)23(28)25-21(22-24-11-12-27(22)2)17-5-4-6-18(13-17)29-3/h4-14,21H,1-3H3,(H,25,28). The van der Waals surface area contributed by atoms with E-state index in [-0.39, 0.29) is 11.7 Å². The molecule has 2 aromatic carbocycles. The Morgan fingerprint density at radius 3 is 2.67 bits per heavy atom. The number of rotatable bonds is 6. The molecule has 4 aromatic rings. The molecule has 1 unspecified atom stereocenters. The molecule has 1 amide bonds. The fourth-order valence-corrected chi connectivity index (χ4v) is 3.22. The van der Waals surface area contributed by atoms with Crippen LogP contribution in [0, 0.1) is 6.92 Å². The summed E-state index contributed by atoms with van der Waals surface area (Å²) >= 11 is 0. The summed E-state index contributed by atoms with van der Waals surface area (Å²) in [5.74, 6) is 1.14. The number of nitrogens with zero attached hydrogens (tertiary/aromatic N) is 3. The summed E-state index contributed by atoms with van der Waals surface area (Å²) in [6.07, 6.45) is 3.53. The molecular weight excluding hydrogens is 380 g/mol. The minimum atomic E-state index is -0.486. The van der Waals surface area contributed by atoms with Crippen LogP contribution in [0.3, 0.4) is 0 Å². The van der Waals surface area contributed by atoms with Gasteiger partial charge in [-0.1, -0.05) is 47.1 Å². The van der Waals surface area contributed by atoms with Gasteiger partial charge in [0.05, 0.1) is 7.11 Å². The molecule has 0 bridgehead atoms. The first-order valence-corrected chi connectivity index (χ1v) is 9.51. The number of aromatic nitrogens is 3. The Hall–Kier alpha value is -3.87. The van der Waals surface area contributed by atoms with Crippen molar-refractivity contribution in [3.05, 3.63) is 89.7 Å². The molecule has 0 aliphatic carbocycles. The molecule has 0 spiro atoms. The third-order valence-corrected chi connectivity index (χ3v) is 4.90. The lowest BCUT2D eigenvalue weighted by Crippen LogP contribution is -2.30. The topological polar surface area (TPSA) is 82.2 Å². The second-order valence-electron chi connectivity index (χ2n) is 7.02. The molecule has 7 nitrogen and oxygen atoms in total. The summed E-state index contributed by atoms with van der Waals surface area (Å²) in [6, 6.07) is 16.5. The van der Waals surface area contributed by atoms with Crippen molar-refractivity contribution >= 4 is 5.91 Å². The van der Waals surface area contributed by atoms with Crippen LogP contribution in [0.4, 0.5) is 0 Å². The first kappa shape index (κ1) is 19.4. The summed E-state index contributed by atoms with van der Waals surface area (Å²) in [7, 11) is 3.49. The van der Waals surface area contributed by atoms with Crippen molar-refractivity contribution in [3.8, 4) is 17.0 Å². The molecule has 2 heterocycles. The summed E-state index contributed by atoms with van der Waals surface area (Å²) in [5.41, 5.74) is 3.48. The van der Waals surface area contributed by atoms with Gasteiger partial charge >= 0.3 is 0 Å². The maximum Gasteiger partial charge on any atom is 0.290 e. The zero-order chi connectivity index (χ0) is 21.1. The van der Waals surface area contributed by atoms with Crippen LogP contribution < -0.4 is 10.1 Å². The van der Waals surface area contributed by atoms with Crippen molar-refractivity contribution in [3.63, 3.8) is 0 Å². The third kappa shape index (κ3) is 3.96. The highest BCUT2D eigenvalue weighted by molar-refractivity contribution is 5.92. The number of hydrogen-bond donors (Lipinski definition) is 1. The number of carbonyl (C=O) groups is 1. The van der Waals surface area contributed by atoms with Crippen molar-refractivity contribution in [2.45, 2.75) is 13.0 Å². The fraction of sp³-hybridized carbons (Fsp3) is 0.174. The average molecular weight is 402 g/mol. The van der Waals surface area contributed by atoms with E-state index in [0.29, 0.717) is 17.3 Å². The van der Waals surface area contributed by atoms with Crippen molar-refractivity contribution in [1.29, 1.82) is 0 Å². The molecule has 152 valence electrons. The van der Waals surface area contributed by atoms with Crippen LogP contribution in [0.25, 0.3) is 11.3 Å². The Morgan fingerprint density at radius 2 is 1.97 bits per heavy atom. The fourth-order valence-electron chi connectivity index (χ4n) is 3.22. The zero-order valence-electron chi connectivity index (χ0n) is 17.0. The molecule has 0 aliphatic rings. The molecular formula is C23H22N4O3. The Kier molecular flexibility index (Phi) is 5.34. The number of aryl methyl sites for hydroxylation is 2. The van der Waals surface area contributed by atoms with Crippen LogP contribution in [0.1, 0.15) is 33.5 Å². The highest BCUT2D eigenvalue weighted by atomic mass is 16.5. The molecule has 7 heteroatoms. The highest BCUT2D eigenvalue weighted by Crippen LogP contribution is 2.25. The quantitative estimate of drug-likeness (QED) is 0.529. The first-order chi connectivity index (χ1) is 14.5. The number of hydrogen-bond acceptors (Lipinski definition) is 5. The predicted molar refractivity (Wildman–Crippen MR) is 112 cm³/mol. The predicted octanol–water partition coefficient (Wildman–Crippen LogP) is 3.91. The Bertz CT molecular complexity index is 1160. The molecule has 30 heavy (non-hydrogen) atoms. The number of imidazole rings is 1. The number of nitrogens with one attached hydrogen (secondary N) is 1. The van der Waals surface area contributed by atoms with E-state index in [1.807, 2.05) is 73.3 Å². The summed E-state index contributed by atoms with van der Waals surface area (Å²) < 4.78 is 12.5. The number of ether oxygens (including phenoxy) is 1. The highest BCUT2D eigenvalue weighted by Gasteiger charge is 2.24. The minimum Gasteiger partial charge on any atom is -0.497 e. The molecule has 2 aromatic heterocycles. The van der Waals surface area contributed by atoms with Crippen molar-refractivity contribution < 1.29 is 14.1 Å². The Labute approximate surface area is 174 Å². The van der Waals surface area contributed by atoms with Gasteiger partial charge in [-0.05, 0) is 24.6 Å². The van der Waals surface area contributed by atoms with Gasteiger partial charge in [0.15, 0.2) is 0 Å². The van der Waals surface area contributed by atoms with Crippen molar-refractivity contribution in [2.24, 2.45) is 7.05 Å². The van der Waals surface area contributed by atoms with Gasteiger partial charge in [-0.25, -0.2) is 4.98 Å². The van der Waals surface area contributed by atoms with E-state index in [4.69, 9.17) is 9.26 Å². The maximum absolute atomic E-state index is 13.0. The maximum atomic E-state index is 13.0. The normalized spacial score (nSPS) is 11.8. The summed E-state index contributed by atoms with van der Waals surface area (Å²) in [5, 5.41) is 7.05. The number of benzene rings is 2. The lowest BCUT2D eigenvalue weighted by molar-refractivity contribution is 0.0904. The lowest BCUT2D eigenvalue weighted by Gasteiger charge is -2.19. The number of carbonyl (C=O) groups excluding carboxylic acids is 1. The lowest BCUT2D eigenvalue weighted by atomic mass is 10.1. The van der Waals surface area contributed by atoms with Crippen LogP contribution in [0.15, 0.2) is 71.5 Å². The second kappa shape index (κ2) is 8.24. The van der Waals surface area contributed by atoms with Crippen LogP contribution in [0.2, 0.25) is 0 Å². The summed E-state index contributed by atoms with van der Waals surface area (Å²) in [4.78, 5) is 17.4. The molecule has 0 saturated carbocycles. The third-order valence-electron chi connectivity index (χ3n) is 4.90. The van der Waals surface area contributed by atoms with E-state index in [2.05, 4.69) is 15.5 Å². The van der Waals surface area contributed by atoms with E-state index in [1.54, 1.807) is 19.4 Å². The van der Waals surface area contributed by atoms with E-state index < -0.39 is 6.04 Å². The van der Waals surface area contributed by atoms with E-state index in [1.165, 1.54) is 0 Å². The average Bonchev–Trinajstić information content (AvgIpc) is 3.42. The van der Waals surface area contributed by atoms with Crippen LogP contribution in [-0.2, 0) is 7.05 Å². The summed E-state index contributed by atoms with van der Waals surface area (Å²) in [6.45, 7) is 2.02. The largest absolute Gasteiger partial charge is 0.497 e. The first-order valence-electron chi connectivity index (χ1n) is 9.51. The van der Waals surface area contributed by atoms with Crippen molar-refractivity contribution in [2.75, 3.05) is 7.11 Å². The van der Waals surface area contributed by atoms with Gasteiger partial charge < -0.3 is 19.1 Å². The van der Waals surface area contributed by atoms with Gasteiger partial charge in [-0.2, -0.15) is 0 Å². The van der Waals surface area contributed by atoms with Gasteiger partial charge in [0.2, 0.25) is 5.76 Å². The number of methoxy groups -OCH3 is 1. The molecule has 0 saturated heterocycles. The van der Waals surface area contributed by atoms with Crippen LogP contribution in [-0.4, -0.2) is 27.7 Å². The van der Waals surface area contributed by atoms with Gasteiger partial charge in [0.1, 0.15) is 23.3 Å². The van der Waals surface area contributed by atoms with Crippen LogP contribution >= 0.6 is 0 Å². The monoisotopic (exact) mass is 402 g/mol. The van der Waals surface area contributed by atoms with E-state index in [0.717, 1.165) is 16.7 Å². The molecule has 0 fully saturated rings. The smallest absolute Gasteiger partial charge is 0.290 e. The van der Waals surface area contributed by atoms with E-state index >= 15 is 0 Å². The molecule has 1 atom stereocenters. The van der Waals surface area contributed by atoms with Gasteiger partial charge in [0, 0.05) is 31.1 Å². The second-order valence-corrected chi connectivity index (χ2v) is 7.02. The number of amides is 1. The van der Waals surface area contributed by atoms with Gasteiger partial charge in [0.25, 0.3) is 5.91 Å².